The summed E-state index contributed by atoms with van der Waals surface area (Å²) in [5, 5.41) is 18.2. The van der Waals surface area contributed by atoms with E-state index in [4.69, 9.17) is 10.5 Å². The fourth-order valence-electron chi connectivity index (χ4n) is 2.59. The molecule has 0 aromatic heterocycles. The Kier molecular flexibility index (Phi) is 3.62. The van der Waals surface area contributed by atoms with Crippen molar-refractivity contribution in [1.29, 1.82) is 10.5 Å². The monoisotopic (exact) mass is 303 g/mol. The van der Waals surface area contributed by atoms with Crippen LogP contribution in [0, 0.1) is 28.5 Å². The number of nitrogens with zero attached hydrogens (tertiary/aromatic N) is 3. The van der Waals surface area contributed by atoms with Gasteiger partial charge in [-0.3, -0.25) is 4.79 Å². The summed E-state index contributed by atoms with van der Waals surface area (Å²) in [4.78, 5) is 14.2. The summed E-state index contributed by atoms with van der Waals surface area (Å²) in [6.45, 7) is 0.240. The van der Waals surface area contributed by atoms with Gasteiger partial charge in [-0.2, -0.15) is 10.5 Å². The Hall–Kier alpha value is -3.44. The molecule has 0 bridgehead atoms. The molecule has 0 unspecified atom stereocenters. The minimum atomic E-state index is -0.395. The van der Waals surface area contributed by atoms with Gasteiger partial charge in [-0.15, -0.1) is 0 Å². The molecule has 0 fully saturated rings. The molecule has 1 aliphatic rings. The van der Waals surface area contributed by atoms with Crippen LogP contribution in [0.2, 0.25) is 0 Å². The number of halogens is 1. The van der Waals surface area contributed by atoms with Gasteiger partial charge < -0.3 is 4.90 Å². The lowest BCUT2D eigenvalue weighted by molar-refractivity contribution is -0.113. The number of rotatable bonds is 2. The fraction of sp³-hybridized carbons (Fsp3) is 0.0556. The average molecular weight is 303 g/mol. The van der Waals surface area contributed by atoms with Gasteiger partial charge in [0.05, 0.1) is 17.8 Å². The van der Waals surface area contributed by atoms with Crippen LogP contribution in [0.1, 0.15) is 11.1 Å². The van der Waals surface area contributed by atoms with Crippen LogP contribution >= 0.6 is 0 Å². The smallest absolute Gasteiger partial charge is 0.261 e. The topological polar surface area (TPSA) is 67.9 Å². The maximum absolute atomic E-state index is 13.0. The summed E-state index contributed by atoms with van der Waals surface area (Å²) in [6.07, 6.45) is 0. The van der Waals surface area contributed by atoms with Gasteiger partial charge in [0.2, 0.25) is 0 Å². The molecule has 5 heteroatoms. The largest absolute Gasteiger partial charge is 0.303 e. The van der Waals surface area contributed by atoms with E-state index in [0.717, 1.165) is 5.56 Å². The van der Waals surface area contributed by atoms with E-state index in [9.17, 15) is 9.18 Å². The Morgan fingerprint density at radius 1 is 1.04 bits per heavy atom. The Morgan fingerprint density at radius 2 is 1.70 bits per heavy atom. The van der Waals surface area contributed by atoms with Gasteiger partial charge in [-0.1, -0.05) is 30.3 Å². The molecular weight excluding hydrogens is 293 g/mol. The summed E-state index contributed by atoms with van der Waals surface area (Å²) in [5.74, 6) is -0.743. The van der Waals surface area contributed by atoms with Crippen molar-refractivity contribution in [3.8, 4) is 12.1 Å². The van der Waals surface area contributed by atoms with E-state index >= 15 is 0 Å². The van der Waals surface area contributed by atoms with Crippen molar-refractivity contribution in [2.75, 3.05) is 4.90 Å². The summed E-state index contributed by atoms with van der Waals surface area (Å²) >= 11 is 0. The maximum Gasteiger partial charge on any atom is 0.261 e. The molecule has 2 aromatic carbocycles. The van der Waals surface area contributed by atoms with Crippen LogP contribution in [0.15, 0.2) is 54.1 Å². The molecule has 23 heavy (non-hydrogen) atoms. The molecule has 0 spiro atoms. The fourth-order valence-corrected chi connectivity index (χ4v) is 2.59. The lowest BCUT2D eigenvalue weighted by atomic mass is 10.0. The molecule has 2 aromatic rings. The highest BCUT2D eigenvalue weighted by atomic mass is 19.1. The first-order valence-corrected chi connectivity index (χ1v) is 6.86. The number of amides is 1. The molecular formula is C18H10FN3O. The van der Waals surface area contributed by atoms with Gasteiger partial charge in [-0.05, 0) is 23.8 Å². The highest BCUT2D eigenvalue weighted by Crippen LogP contribution is 2.38. The molecule has 0 N–H and O–H groups in total. The van der Waals surface area contributed by atoms with Crippen LogP contribution in [0.3, 0.4) is 0 Å². The van der Waals surface area contributed by atoms with Gasteiger partial charge in [0.25, 0.3) is 5.91 Å². The normalized spacial score (nSPS) is 12.6. The molecule has 0 saturated carbocycles. The predicted molar refractivity (Wildman–Crippen MR) is 82.2 cm³/mol. The molecule has 0 atom stereocenters. The molecule has 0 radical (unpaired) electrons. The predicted octanol–water partition coefficient (Wildman–Crippen LogP) is 3.17. The zero-order valence-electron chi connectivity index (χ0n) is 12.0. The van der Waals surface area contributed by atoms with E-state index in [0.29, 0.717) is 11.3 Å². The Morgan fingerprint density at radius 3 is 2.35 bits per heavy atom. The van der Waals surface area contributed by atoms with Crippen LogP contribution in [-0.2, 0) is 11.3 Å². The van der Waals surface area contributed by atoms with Crippen molar-refractivity contribution in [3.05, 3.63) is 71.0 Å². The third-order valence-electron chi connectivity index (χ3n) is 3.65. The minimum Gasteiger partial charge on any atom is -0.303 e. The molecule has 0 aliphatic carbocycles. The van der Waals surface area contributed by atoms with Crippen LogP contribution in [-0.4, -0.2) is 5.91 Å². The number of allylic oxidation sites excluding steroid dienone is 1. The van der Waals surface area contributed by atoms with E-state index in [-0.39, 0.29) is 23.5 Å². The van der Waals surface area contributed by atoms with Crippen LogP contribution in [0.4, 0.5) is 10.1 Å². The van der Waals surface area contributed by atoms with E-state index < -0.39 is 5.91 Å². The summed E-state index contributed by atoms with van der Waals surface area (Å²) < 4.78 is 13.0. The lowest BCUT2D eigenvalue weighted by Gasteiger charge is -2.17. The van der Waals surface area contributed by atoms with E-state index in [2.05, 4.69) is 0 Å². The quantitative estimate of drug-likeness (QED) is 0.632. The highest BCUT2D eigenvalue weighted by Gasteiger charge is 2.34. The number of para-hydroxylation sites is 1. The third-order valence-corrected chi connectivity index (χ3v) is 3.65. The molecule has 1 amide bonds. The molecule has 110 valence electrons. The molecule has 3 rings (SSSR count). The summed E-state index contributed by atoms with van der Waals surface area (Å²) in [7, 11) is 0. The standard InChI is InChI=1S/C18H10FN3O/c19-14-7-5-12(6-8-14)11-22-16-4-2-1-3-15(16)17(18(22)23)13(9-20)10-21/h1-8H,11H2. The number of fused-ring (bicyclic) bond motifs is 1. The van der Waals surface area contributed by atoms with Crippen LogP contribution < -0.4 is 4.90 Å². The Balaban J connectivity index is 2.08. The van der Waals surface area contributed by atoms with Crippen molar-refractivity contribution in [2.45, 2.75) is 6.54 Å². The number of carbonyl (C=O) groups excluding carboxylic acids is 1. The van der Waals surface area contributed by atoms with E-state index in [1.807, 2.05) is 0 Å². The first kappa shape index (κ1) is 14.5. The molecule has 4 nitrogen and oxygen atoms in total. The van der Waals surface area contributed by atoms with E-state index in [1.54, 1.807) is 48.5 Å². The average Bonchev–Trinajstić information content (AvgIpc) is 2.84. The second-order valence-electron chi connectivity index (χ2n) is 5.01. The second kappa shape index (κ2) is 5.75. The zero-order chi connectivity index (χ0) is 16.4. The van der Waals surface area contributed by atoms with Gasteiger partial charge in [0, 0.05) is 5.56 Å². The van der Waals surface area contributed by atoms with E-state index in [1.165, 1.54) is 17.0 Å². The minimum absolute atomic E-state index is 0.118. The van der Waals surface area contributed by atoms with Crippen LogP contribution in [0.5, 0.6) is 0 Å². The number of benzene rings is 2. The number of anilines is 1. The number of hydrogen-bond donors (Lipinski definition) is 0. The van der Waals surface area contributed by atoms with Gasteiger partial charge in [0.1, 0.15) is 23.5 Å². The molecule has 1 aliphatic heterocycles. The Labute approximate surface area is 132 Å². The zero-order valence-corrected chi connectivity index (χ0v) is 12.0. The SMILES string of the molecule is N#CC(C#N)=C1C(=O)N(Cc2ccc(F)cc2)c2ccccc21. The van der Waals surface area contributed by atoms with Gasteiger partial charge in [-0.25, -0.2) is 4.39 Å². The van der Waals surface area contributed by atoms with Crippen LogP contribution in [0.25, 0.3) is 5.57 Å². The summed E-state index contributed by atoms with van der Waals surface area (Å²) in [6, 6.07) is 16.4. The molecule has 1 heterocycles. The maximum atomic E-state index is 13.0. The highest BCUT2D eigenvalue weighted by molar-refractivity contribution is 6.34. The van der Waals surface area contributed by atoms with Crippen molar-refractivity contribution < 1.29 is 9.18 Å². The number of carbonyl (C=O) groups is 1. The number of nitriles is 2. The van der Waals surface area contributed by atoms with Gasteiger partial charge in [0.15, 0.2) is 0 Å². The second-order valence-corrected chi connectivity index (χ2v) is 5.01. The van der Waals surface area contributed by atoms with Crippen molar-refractivity contribution in [1.82, 2.24) is 0 Å². The van der Waals surface area contributed by atoms with Crippen molar-refractivity contribution >= 4 is 17.2 Å². The van der Waals surface area contributed by atoms with Gasteiger partial charge >= 0.3 is 0 Å². The number of hydrogen-bond acceptors (Lipinski definition) is 3. The van der Waals surface area contributed by atoms with Crippen molar-refractivity contribution in [3.63, 3.8) is 0 Å². The van der Waals surface area contributed by atoms with Crippen molar-refractivity contribution in [2.24, 2.45) is 0 Å². The third kappa shape index (κ3) is 2.45. The first-order chi connectivity index (χ1) is 11.2. The molecule has 0 saturated heterocycles. The Bertz CT molecular complexity index is 885. The lowest BCUT2D eigenvalue weighted by Crippen LogP contribution is -2.26. The first-order valence-electron chi connectivity index (χ1n) is 6.86. The summed E-state index contributed by atoms with van der Waals surface area (Å²) in [5.41, 5.74) is 1.88.